The van der Waals surface area contributed by atoms with Crippen molar-refractivity contribution in [2.45, 2.75) is 91.6 Å². The number of ether oxygens (including phenoxy) is 4. The summed E-state index contributed by atoms with van der Waals surface area (Å²) in [5.41, 5.74) is 3.59. The Labute approximate surface area is 509 Å². The van der Waals surface area contributed by atoms with Crippen LogP contribution in [0.2, 0.25) is 0 Å². The van der Waals surface area contributed by atoms with E-state index < -0.39 is 123 Å². The number of fused-ring (bicyclic) bond motifs is 16. The number of carbonyl (C=O) groups excluding carboxylic acids is 3. The standard InChI is InChI=1S/C43H58N4O12.C20H15F3N4O3/c1-21-12-11-13-22(2)42(55)45-33-28(20-44-47-17-15-46(9)16-18-47)37(52)30-31(38(33)53)36(51)26(6)40-32(30)41(54)43(8,59-40)57-19-14-29(56-10)23(3)39(58-27(7)48)25(5)35(50)24(4)34(21)49;21-8-1-2-15(13(22)3-8)27-7-12(20(29)30)17(28)9-4-14(23)19(25-18(9)27)26-5-10-11(6-26)16(10)24/h11-14,19-21,23-25,29,34-35,39,49-53H,15-18H2,1-10H3,(H,45,55);1-4,7,10-11,16H,5-6,24H2,(H,29,30)/b12-11+,19-14+,22-13-,44-20+;/t21-,23-,24-,25+,29+,34-,35+,39-,43+;10-,11+,16?/m1./s1. The Bertz CT molecular complexity index is 3840. The number of Topliss-reactive ketones (excluding diaryl/α,β-unsaturated/α-hetero) is 1. The van der Waals surface area contributed by atoms with E-state index in [2.05, 4.69) is 20.3 Å². The highest BCUT2D eigenvalue weighted by Crippen LogP contribution is 2.55. The average Bonchev–Trinajstić information content (AvgIpc) is 1.78. The van der Waals surface area contributed by atoms with Gasteiger partial charge in [-0.15, -0.1) is 0 Å². The molecule has 5 aromatic rings. The van der Waals surface area contributed by atoms with Gasteiger partial charge >= 0.3 is 17.7 Å². The van der Waals surface area contributed by atoms with Crippen LogP contribution < -0.4 is 26.1 Å². The number of methoxy groups -OCH3 is 1. The lowest BCUT2D eigenvalue weighted by Crippen LogP contribution is -2.46. The molecule has 1 amide bonds. The molecular weight excluding hydrogens is 1170 g/mol. The predicted molar refractivity (Wildman–Crippen MR) is 322 cm³/mol. The van der Waals surface area contributed by atoms with Crippen LogP contribution in [0.3, 0.4) is 0 Å². The fourth-order valence-corrected chi connectivity index (χ4v) is 12.1. The van der Waals surface area contributed by atoms with Crippen LogP contribution in [0.4, 0.5) is 24.7 Å². The first kappa shape index (κ1) is 64.9. The minimum absolute atomic E-state index is 0.0272. The molecule has 2 saturated heterocycles. The topological polar surface area (TPSA) is 322 Å². The van der Waals surface area contributed by atoms with E-state index in [0.29, 0.717) is 32.2 Å². The van der Waals surface area contributed by atoms with E-state index in [-0.39, 0.29) is 84.9 Å². The molecule has 2 aromatic heterocycles. The maximum absolute atomic E-state index is 14.8. The van der Waals surface area contributed by atoms with Crippen molar-refractivity contribution in [3.63, 3.8) is 0 Å². The van der Waals surface area contributed by atoms with Crippen molar-refractivity contribution in [3.05, 3.63) is 117 Å². The first-order valence-electron chi connectivity index (χ1n) is 29.0. The summed E-state index contributed by atoms with van der Waals surface area (Å²) in [5.74, 6) is -12.0. The Morgan fingerprint density at radius 2 is 1.57 bits per heavy atom. The van der Waals surface area contributed by atoms with E-state index >= 15 is 0 Å². The second-order valence-electron chi connectivity index (χ2n) is 23.7. The number of hydrazone groups is 1. The number of aliphatic hydroxyl groups excluding tert-OH is 2. The quantitative estimate of drug-likeness (QED) is 0.0387. The second kappa shape index (κ2) is 25.5. The molecule has 5 aliphatic heterocycles. The number of halogens is 3. The number of phenolic OH excluding ortho intramolecular Hbond substituents is 3. The minimum atomic E-state index is -2.04. The van der Waals surface area contributed by atoms with E-state index in [1.807, 2.05) is 7.05 Å². The van der Waals surface area contributed by atoms with Crippen LogP contribution in [0.1, 0.15) is 80.3 Å². The smallest absolute Gasteiger partial charge is 0.341 e. The van der Waals surface area contributed by atoms with Crippen LogP contribution in [0.25, 0.3) is 27.5 Å². The molecule has 1 aliphatic carbocycles. The molecule has 0 spiro atoms. The molecule has 6 aliphatic rings. The Kier molecular flexibility index (Phi) is 18.6. The summed E-state index contributed by atoms with van der Waals surface area (Å²) >= 11 is 0. The van der Waals surface area contributed by atoms with Crippen LogP contribution >= 0.6 is 0 Å². The van der Waals surface area contributed by atoms with Gasteiger partial charge in [0.25, 0.3) is 11.7 Å². The molecule has 476 valence electrons. The molecule has 23 nitrogen and oxygen atoms in total. The summed E-state index contributed by atoms with van der Waals surface area (Å²) in [4.78, 5) is 72.7. The lowest BCUT2D eigenvalue weighted by molar-refractivity contribution is -0.160. The maximum atomic E-state index is 14.8. The summed E-state index contributed by atoms with van der Waals surface area (Å²) in [7, 11) is 3.42. The zero-order valence-corrected chi connectivity index (χ0v) is 50.7. The predicted octanol–water partition coefficient (Wildman–Crippen LogP) is 6.23. The van der Waals surface area contributed by atoms with Crippen molar-refractivity contribution in [3.8, 4) is 28.7 Å². The van der Waals surface area contributed by atoms with Crippen molar-refractivity contribution in [2.75, 3.05) is 63.6 Å². The maximum Gasteiger partial charge on any atom is 0.341 e. The third-order valence-corrected chi connectivity index (χ3v) is 17.7. The molecule has 7 heterocycles. The fraction of sp³-hybridized carbons (Fsp3) is 0.444. The zero-order chi connectivity index (χ0) is 65.0. The number of pyridine rings is 2. The number of aromatic hydroxyl groups is 3. The van der Waals surface area contributed by atoms with Crippen molar-refractivity contribution in [1.82, 2.24) is 19.5 Å². The van der Waals surface area contributed by atoms with E-state index in [0.717, 1.165) is 42.1 Å². The number of esters is 1. The number of aliphatic hydroxyl groups is 2. The third-order valence-electron chi connectivity index (χ3n) is 17.7. The number of amides is 1. The molecule has 1 unspecified atom stereocenters. The normalized spacial score (nSPS) is 28.8. The lowest BCUT2D eigenvalue weighted by atomic mass is 9.78. The Morgan fingerprint density at radius 1 is 0.899 bits per heavy atom. The number of carboxylic acids is 1. The number of likely N-dealkylation sites (N-methyl/N-ethyl adjacent to an activating group) is 1. The number of aromatic carboxylic acids is 1. The highest BCUT2D eigenvalue weighted by atomic mass is 19.1. The van der Waals surface area contributed by atoms with Gasteiger partial charge in [0.2, 0.25) is 5.43 Å². The molecule has 5 bridgehead atoms. The van der Waals surface area contributed by atoms with Crippen molar-refractivity contribution in [2.24, 2.45) is 46.3 Å². The highest BCUT2D eigenvalue weighted by Gasteiger charge is 2.54. The Hall–Kier alpha value is -8.56. The Morgan fingerprint density at radius 3 is 2.20 bits per heavy atom. The van der Waals surface area contributed by atoms with Gasteiger partial charge in [0.1, 0.15) is 40.6 Å². The number of rotatable bonds is 7. The summed E-state index contributed by atoms with van der Waals surface area (Å²) in [5, 5.41) is 75.9. The first-order valence-corrected chi connectivity index (χ1v) is 29.0. The molecule has 9 N–H and O–H groups in total. The molecule has 12 atom stereocenters. The number of nitrogens with two attached hydrogens (primary N) is 1. The second-order valence-corrected chi connectivity index (χ2v) is 23.7. The number of anilines is 2. The zero-order valence-electron chi connectivity index (χ0n) is 50.7. The number of piperazine rings is 1. The summed E-state index contributed by atoms with van der Waals surface area (Å²) in [6.07, 6.45) is 5.77. The van der Waals surface area contributed by atoms with Crippen molar-refractivity contribution < 1.29 is 81.9 Å². The monoisotopic (exact) mass is 1240 g/mol. The van der Waals surface area contributed by atoms with E-state index in [1.54, 1.807) is 49.8 Å². The first-order chi connectivity index (χ1) is 42.0. The van der Waals surface area contributed by atoms with Gasteiger partial charge in [-0.25, -0.2) is 22.9 Å². The summed E-state index contributed by atoms with van der Waals surface area (Å²) < 4.78 is 67.3. The van der Waals surface area contributed by atoms with Crippen molar-refractivity contribution >= 4 is 63.2 Å². The lowest BCUT2D eigenvalue weighted by Gasteiger charge is -2.38. The third kappa shape index (κ3) is 12.5. The van der Waals surface area contributed by atoms with Crippen molar-refractivity contribution in [1.29, 1.82) is 0 Å². The number of nitrogens with one attached hydrogen (secondary N) is 1. The van der Waals surface area contributed by atoms with Gasteiger partial charge in [-0.1, -0.05) is 45.9 Å². The number of carboxylic acid groups (broad SMARTS) is 1. The van der Waals surface area contributed by atoms with Crippen LogP contribution in [0, 0.1) is 59.9 Å². The molecule has 26 heteroatoms. The molecule has 1 saturated carbocycles. The fourth-order valence-electron chi connectivity index (χ4n) is 12.1. The van der Waals surface area contributed by atoms with E-state index in [9.17, 15) is 67.8 Å². The van der Waals surface area contributed by atoms with Crippen LogP contribution in [0.15, 0.2) is 76.5 Å². The number of hydrogen-bond donors (Lipinski definition) is 8. The number of benzene rings is 3. The number of piperidine rings is 1. The molecular formula is C63H73F3N8O15. The average molecular weight is 1240 g/mol. The van der Waals surface area contributed by atoms with Crippen LogP contribution in [0.5, 0.6) is 23.0 Å². The molecule has 0 radical (unpaired) electrons. The highest BCUT2D eigenvalue weighted by molar-refractivity contribution is 6.24. The number of ketones is 1. The van der Waals surface area contributed by atoms with Crippen LogP contribution in [-0.4, -0.2) is 170 Å². The Balaban J connectivity index is 0.000000260. The number of carbonyl (C=O) groups is 4. The molecule has 3 fully saturated rings. The molecule has 3 aromatic carbocycles. The van der Waals surface area contributed by atoms with Gasteiger partial charge in [0, 0.05) is 119 Å². The van der Waals surface area contributed by atoms with E-state index in [4.69, 9.17) is 24.7 Å². The number of allylic oxidation sites excluding steroid dienone is 2. The van der Waals surface area contributed by atoms with Gasteiger partial charge in [-0.2, -0.15) is 5.10 Å². The molecule has 11 rings (SSSR count). The minimum Gasteiger partial charge on any atom is -0.507 e. The SMILES string of the molecule is CO[C@H]1/C=C/O[C@@]2(C)Oc3c(C)c(O)c4c(O)c(c(/C=N/N5CCN(C)CC5)c(O)c4c3C2=O)NC(=O)/C(C)=C\C=C\[C@@H](C)[C@@H](O)[C@@H](C)[C@H](O)[C@H](C)[C@H](OC(C)=O)[C@@H]1C.NC1[C@H]2CN(c3nc4c(cc3F)c(=O)c(C(=O)O)cn4-c3ccc(F)cc3F)C[C@@H]12. The van der Waals surface area contributed by atoms with Gasteiger partial charge in [-0.3, -0.25) is 28.8 Å². The number of nitrogens with zero attached hydrogens (tertiary/aromatic N) is 6. The number of hydrogen-bond acceptors (Lipinski definition) is 20. The van der Waals surface area contributed by atoms with Crippen LogP contribution in [-0.2, 0) is 23.8 Å². The van der Waals surface area contributed by atoms with E-state index in [1.165, 1.54) is 59.4 Å². The largest absolute Gasteiger partial charge is 0.507 e. The molecule has 89 heavy (non-hydrogen) atoms. The van der Waals surface area contributed by atoms with Gasteiger partial charge in [-0.05, 0) is 57.0 Å². The van der Waals surface area contributed by atoms with Gasteiger partial charge in [0.05, 0.1) is 64.1 Å². The number of aromatic nitrogens is 2. The van der Waals surface area contributed by atoms with Gasteiger partial charge < -0.3 is 70.4 Å². The summed E-state index contributed by atoms with van der Waals surface area (Å²) in [6.45, 7) is 16.1. The van der Waals surface area contributed by atoms with Gasteiger partial charge in [0.15, 0.2) is 23.0 Å². The summed E-state index contributed by atoms with van der Waals surface area (Å²) in [6, 6.07) is 3.69. The number of phenols is 3.